The van der Waals surface area contributed by atoms with E-state index in [2.05, 4.69) is 10.6 Å². The molecule has 2 aromatic carbocycles. The molecule has 3 N–H and O–H groups in total. The van der Waals surface area contributed by atoms with E-state index in [0.29, 0.717) is 0 Å². The van der Waals surface area contributed by atoms with Gasteiger partial charge in [0.15, 0.2) is 0 Å². The molecule has 0 saturated carbocycles. The van der Waals surface area contributed by atoms with Crippen LogP contribution in [0.4, 0.5) is 37.7 Å². The fourth-order valence-electron chi connectivity index (χ4n) is 2.88. The molecule has 0 atom stereocenters. The fraction of sp³-hybridized carbons (Fsp3) is 0.333. The molecular formula is C21H21F6N3O3. The molecule has 180 valence electrons. The number of nitrogens with one attached hydrogen (secondary N) is 2. The van der Waals surface area contributed by atoms with Crippen LogP contribution in [0.15, 0.2) is 48.5 Å². The Morgan fingerprint density at radius 1 is 0.909 bits per heavy atom. The summed E-state index contributed by atoms with van der Waals surface area (Å²) in [4.78, 5) is 25.4. The minimum absolute atomic E-state index is 0.0117. The van der Waals surface area contributed by atoms with Crippen LogP contribution in [0.2, 0.25) is 0 Å². The number of alkyl halides is 6. The maximum absolute atomic E-state index is 12.8. The largest absolute Gasteiger partial charge is 0.416 e. The third-order valence-corrected chi connectivity index (χ3v) is 4.26. The summed E-state index contributed by atoms with van der Waals surface area (Å²) in [7, 11) is 0. The molecule has 33 heavy (non-hydrogen) atoms. The standard InChI is InChI=1S/C21H21F6N3O3/c22-20(23,24)13-30(8-3-9-31)12-18(32)28-16-6-1-4-14(10-16)19(33)29-17-7-2-5-15(11-17)21(25,26)27/h1-2,4-7,10-11,31H,3,8-9,12-13H2,(H,28,32)(H,29,33). The molecule has 0 saturated heterocycles. The Morgan fingerprint density at radius 2 is 1.55 bits per heavy atom. The van der Waals surface area contributed by atoms with Crippen LogP contribution in [0.3, 0.4) is 0 Å². The smallest absolute Gasteiger partial charge is 0.396 e. The number of aliphatic hydroxyl groups excluding tert-OH is 1. The van der Waals surface area contributed by atoms with E-state index in [0.717, 1.165) is 23.1 Å². The maximum Gasteiger partial charge on any atom is 0.416 e. The van der Waals surface area contributed by atoms with Crippen molar-refractivity contribution in [2.45, 2.75) is 18.8 Å². The van der Waals surface area contributed by atoms with E-state index in [-0.39, 0.29) is 36.5 Å². The van der Waals surface area contributed by atoms with Gasteiger partial charge < -0.3 is 15.7 Å². The number of anilines is 2. The van der Waals surface area contributed by atoms with Crippen molar-refractivity contribution >= 4 is 23.2 Å². The average Bonchev–Trinajstić information content (AvgIpc) is 2.70. The van der Waals surface area contributed by atoms with Gasteiger partial charge in [0.1, 0.15) is 0 Å². The molecule has 12 heteroatoms. The van der Waals surface area contributed by atoms with Crippen LogP contribution in [0.25, 0.3) is 0 Å². The summed E-state index contributed by atoms with van der Waals surface area (Å²) in [5, 5.41) is 13.5. The molecular weight excluding hydrogens is 456 g/mol. The van der Waals surface area contributed by atoms with Gasteiger partial charge in [0.25, 0.3) is 5.91 Å². The average molecular weight is 477 g/mol. The van der Waals surface area contributed by atoms with Gasteiger partial charge in [-0.15, -0.1) is 0 Å². The lowest BCUT2D eigenvalue weighted by Crippen LogP contribution is -2.40. The molecule has 0 bridgehead atoms. The highest BCUT2D eigenvalue weighted by atomic mass is 19.4. The third kappa shape index (κ3) is 9.10. The SMILES string of the molecule is O=C(CN(CCCO)CC(F)(F)F)Nc1cccc(C(=O)Nc2cccc(C(F)(F)F)c2)c1. The number of rotatable bonds is 9. The lowest BCUT2D eigenvalue weighted by atomic mass is 10.1. The van der Waals surface area contributed by atoms with Crippen molar-refractivity contribution in [1.29, 1.82) is 0 Å². The first-order valence-corrected chi connectivity index (χ1v) is 9.66. The molecule has 0 aliphatic heterocycles. The first-order valence-electron chi connectivity index (χ1n) is 9.66. The van der Waals surface area contributed by atoms with Gasteiger partial charge in [0.2, 0.25) is 5.91 Å². The van der Waals surface area contributed by atoms with Crippen molar-refractivity contribution in [1.82, 2.24) is 4.90 Å². The minimum Gasteiger partial charge on any atom is -0.396 e. The highest BCUT2D eigenvalue weighted by molar-refractivity contribution is 6.05. The normalized spacial score (nSPS) is 12.0. The maximum atomic E-state index is 12.8. The van der Waals surface area contributed by atoms with Crippen molar-refractivity contribution < 1.29 is 41.0 Å². The van der Waals surface area contributed by atoms with Gasteiger partial charge in [-0.1, -0.05) is 12.1 Å². The summed E-state index contributed by atoms with van der Waals surface area (Å²) in [6.45, 7) is -2.41. The van der Waals surface area contributed by atoms with E-state index < -0.39 is 42.8 Å². The van der Waals surface area contributed by atoms with Crippen molar-refractivity contribution in [3.63, 3.8) is 0 Å². The number of hydrogen-bond acceptors (Lipinski definition) is 4. The fourth-order valence-corrected chi connectivity index (χ4v) is 2.88. The number of nitrogens with zero attached hydrogens (tertiary/aromatic N) is 1. The first-order chi connectivity index (χ1) is 15.4. The summed E-state index contributed by atoms with van der Waals surface area (Å²) >= 11 is 0. The molecule has 0 aromatic heterocycles. The van der Waals surface area contributed by atoms with Gasteiger partial charge in [0, 0.05) is 30.1 Å². The number of carbonyl (C=O) groups excluding carboxylic acids is 2. The Labute approximate surface area is 185 Å². The van der Waals surface area contributed by atoms with Crippen molar-refractivity contribution in [3.05, 3.63) is 59.7 Å². The molecule has 2 amide bonds. The van der Waals surface area contributed by atoms with Crippen LogP contribution >= 0.6 is 0 Å². The predicted octanol–water partition coefficient (Wildman–Crippen LogP) is 4.14. The Balaban J connectivity index is 2.04. The number of aliphatic hydroxyl groups is 1. The zero-order valence-corrected chi connectivity index (χ0v) is 17.1. The highest BCUT2D eigenvalue weighted by Crippen LogP contribution is 2.30. The molecule has 0 unspecified atom stereocenters. The molecule has 0 aliphatic rings. The van der Waals surface area contributed by atoms with Crippen LogP contribution in [0.1, 0.15) is 22.3 Å². The van der Waals surface area contributed by atoms with Crippen LogP contribution < -0.4 is 10.6 Å². The number of halogens is 6. The van der Waals surface area contributed by atoms with Crippen LogP contribution in [-0.4, -0.2) is 54.2 Å². The van der Waals surface area contributed by atoms with Gasteiger partial charge in [-0.05, 0) is 42.8 Å². The van der Waals surface area contributed by atoms with Gasteiger partial charge in [0.05, 0.1) is 18.7 Å². The lowest BCUT2D eigenvalue weighted by Gasteiger charge is -2.22. The van der Waals surface area contributed by atoms with Gasteiger partial charge >= 0.3 is 12.4 Å². The third-order valence-electron chi connectivity index (χ3n) is 4.26. The summed E-state index contributed by atoms with van der Waals surface area (Å²) in [5.74, 6) is -1.51. The zero-order chi connectivity index (χ0) is 24.6. The minimum atomic E-state index is -4.58. The quantitative estimate of drug-likeness (QED) is 0.475. The Bertz CT molecular complexity index is 963. The van der Waals surface area contributed by atoms with Gasteiger partial charge in [-0.25, -0.2) is 0 Å². The topological polar surface area (TPSA) is 81.7 Å². The van der Waals surface area contributed by atoms with Crippen molar-refractivity contribution in [2.75, 3.05) is 36.9 Å². The van der Waals surface area contributed by atoms with Crippen molar-refractivity contribution in [3.8, 4) is 0 Å². The molecule has 0 spiro atoms. The Morgan fingerprint density at radius 3 is 2.15 bits per heavy atom. The van der Waals surface area contributed by atoms with Gasteiger partial charge in [-0.3, -0.25) is 14.5 Å². The van der Waals surface area contributed by atoms with Crippen LogP contribution in [0, 0.1) is 0 Å². The second-order valence-electron chi connectivity index (χ2n) is 7.06. The second-order valence-corrected chi connectivity index (χ2v) is 7.06. The summed E-state index contributed by atoms with van der Waals surface area (Å²) in [6, 6.07) is 9.44. The van der Waals surface area contributed by atoms with E-state index in [4.69, 9.17) is 5.11 Å². The van der Waals surface area contributed by atoms with Crippen molar-refractivity contribution in [2.24, 2.45) is 0 Å². The molecule has 0 radical (unpaired) electrons. The van der Waals surface area contributed by atoms with E-state index in [1.54, 1.807) is 0 Å². The number of carbonyl (C=O) groups is 2. The molecule has 0 fully saturated rings. The second kappa shape index (κ2) is 11.1. The highest BCUT2D eigenvalue weighted by Gasteiger charge is 2.31. The van der Waals surface area contributed by atoms with E-state index >= 15 is 0 Å². The van der Waals surface area contributed by atoms with E-state index in [1.807, 2.05) is 0 Å². The molecule has 0 aliphatic carbocycles. The lowest BCUT2D eigenvalue weighted by molar-refractivity contribution is -0.148. The summed E-state index contributed by atoms with van der Waals surface area (Å²) in [6.07, 6.45) is -9.06. The summed E-state index contributed by atoms with van der Waals surface area (Å²) in [5.41, 5.74) is -0.898. The number of benzene rings is 2. The summed E-state index contributed by atoms with van der Waals surface area (Å²) < 4.78 is 76.5. The molecule has 0 heterocycles. The van der Waals surface area contributed by atoms with E-state index in [9.17, 15) is 35.9 Å². The molecule has 2 rings (SSSR count). The van der Waals surface area contributed by atoms with Crippen LogP contribution in [-0.2, 0) is 11.0 Å². The molecule has 6 nitrogen and oxygen atoms in total. The monoisotopic (exact) mass is 477 g/mol. The number of hydrogen-bond donors (Lipinski definition) is 3. The van der Waals surface area contributed by atoms with Gasteiger partial charge in [-0.2, -0.15) is 26.3 Å². The Kier molecular flexibility index (Phi) is 8.83. The zero-order valence-electron chi connectivity index (χ0n) is 17.1. The predicted molar refractivity (Wildman–Crippen MR) is 109 cm³/mol. The number of amides is 2. The van der Waals surface area contributed by atoms with E-state index in [1.165, 1.54) is 30.3 Å². The first kappa shape index (κ1) is 26.1. The van der Waals surface area contributed by atoms with Crippen LogP contribution in [0.5, 0.6) is 0 Å². The Hall–Kier alpha value is -3.12. The molecule has 2 aromatic rings.